The number of nitrogens with one attached hydrogen (secondary N) is 3. The van der Waals surface area contributed by atoms with Gasteiger partial charge in [-0.05, 0) is 69.3 Å². The van der Waals surface area contributed by atoms with Crippen molar-refractivity contribution in [2.24, 2.45) is 17.8 Å². The zero-order valence-electron chi connectivity index (χ0n) is 26.8. The molecule has 0 spiro atoms. The number of hydrogen-bond donors (Lipinski definition) is 5. The lowest BCUT2D eigenvalue weighted by atomic mass is 9.85. The van der Waals surface area contributed by atoms with E-state index in [1.165, 1.54) is 0 Å². The molecule has 1 aromatic carbocycles. The number of ether oxygens (including phenoxy) is 2. The smallest absolute Gasteiger partial charge is 0.315 e. The highest BCUT2D eigenvalue weighted by molar-refractivity contribution is 5.78. The Labute approximate surface area is 258 Å². The van der Waals surface area contributed by atoms with Gasteiger partial charge in [-0.2, -0.15) is 0 Å². The van der Waals surface area contributed by atoms with E-state index in [1.807, 2.05) is 30.3 Å². The van der Waals surface area contributed by atoms with Crippen molar-refractivity contribution in [3.8, 4) is 0 Å². The van der Waals surface area contributed by atoms with Gasteiger partial charge in [0.15, 0.2) is 6.29 Å². The Kier molecular flexibility index (Phi) is 15.2. The van der Waals surface area contributed by atoms with E-state index >= 15 is 0 Å². The largest absolute Gasteiger partial charge is 0.388 e. The molecule has 0 bridgehead atoms. The van der Waals surface area contributed by atoms with Crippen LogP contribution in [0.15, 0.2) is 30.3 Å². The van der Waals surface area contributed by atoms with Crippen LogP contribution in [0.25, 0.3) is 0 Å². The molecule has 2 heterocycles. The van der Waals surface area contributed by atoms with Crippen molar-refractivity contribution in [2.45, 2.75) is 135 Å². The van der Waals surface area contributed by atoms with Gasteiger partial charge >= 0.3 is 6.03 Å². The van der Waals surface area contributed by atoms with Crippen molar-refractivity contribution in [1.29, 1.82) is 0 Å². The van der Waals surface area contributed by atoms with Crippen LogP contribution >= 0.6 is 0 Å². The van der Waals surface area contributed by atoms with Crippen LogP contribution in [-0.4, -0.2) is 72.0 Å². The number of rotatable bonds is 9. The molecule has 9 unspecified atom stereocenters. The van der Waals surface area contributed by atoms with Gasteiger partial charge < -0.3 is 35.6 Å². The number of carbonyl (C=O) groups excluding carboxylic acids is 2. The summed E-state index contributed by atoms with van der Waals surface area (Å²) in [4.78, 5) is 25.5. The molecule has 244 valence electrons. The third-order valence-electron chi connectivity index (χ3n) is 9.56. The molecule has 1 aromatic rings. The molecular weight excluding hydrogens is 546 g/mol. The second-order valence-corrected chi connectivity index (χ2v) is 12.5. The van der Waals surface area contributed by atoms with Gasteiger partial charge in [-0.15, -0.1) is 0 Å². The lowest BCUT2D eigenvalue weighted by Gasteiger charge is -2.43. The number of amides is 3. The Bertz CT molecular complexity index is 949. The zero-order valence-corrected chi connectivity index (χ0v) is 26.8. The van der Waals surface area contributed by atoms with Gasteiger partial charge in [-0.3, -0.25) is 4.79 Å². The van der Waals surface area contributed by atoms with Crippen molar-refractivity contribution in [3.05, 3.63) is 35.9 Å². The van der Waals surface area contributed by atoms with Crippen LogP contribution in [0.5, 0.6) is 0 Å². The molecule has 0 radical (unpaired) electrons. The Morgan fingerprint density at radius 3 is 2.44 bits per heavy atom. The van der Waals surface area contributed by atoms with Gasteiger partial charge in [0, 0.05) is 19.0 Å². The third-order valence-corrected chi connectivity index (χ3v) is 9.56. The molecule has 0 aromatic heterocycles. The van der Waals surface area contributed by atoms with Crippen LogP contribution in [0.1, 0.15) is 97.5 Å². The Morgan fingerprint density at radius 1 is 0.977 bits per heavy atom. The van der Waals surface area contributed by atoms with E-state index in [2.05, 4.69) is 36.7 Å². The second kappa shape index (κ2) is 18.6. The normalized spacial score (nSPS) is 33.2. The summed E-state index contributed by atoms with van der Waals surface area (Å²) < 4.78 is 12.6. The summed E-state index contributed by atoms with van der Waals surface area (Å²) in [5.41, 5.74) is 1.11. The van der Waals surface area contributed by atoms with E-state index < -0.39 is 36.7 Å². The minimum Gasteiger partial charge on any atom is -0.388 e. The molecule has 2 aliphatic heterocycles. The lowest BCUT2D eigenvalue weighted by molar-refractivity contribution is -0.288. The predicted molar refractivity (Wildman–Crippen MR) is 168 cm³/mol. The number of aliphatic hydroxyl groups excluding tert-OH is 2. The minimum absolute atomic E-state index is 0.0910. The molecule has 3 amide bonds. The highest BCUT2D eigenvalue weighted by Gasteiger charge is 2.45. The van der Waals surface area contributed by atoms with E-state index in [0.29, 0.717) is 25.4 Å². The predicted octanol–water partition coefficient (Wildman–Crippen LogP) is 4.69. The van der Waals surface area contributed by atoms with Gasteiger partial charge in [0.25, 0.3) is 0 Å². The number of hydrogen-bond acceptors (Lipinski definition) is 6. The maximum atomic E-state index is 12.7. The van der Waals surface area contributed by atoms with Crippen molar-refractivity contribution in [3.63, 3.8) is 0 Å². The average molecular weight is 604 g/mol. The van der Waals surface area contributed by atoms with E-state index in [4.69, 9.17) is 9.47 Å². The summed E-state index contributed by atoms with van der Waals surface area (Å²) in [6, 6.07) is 8.50. The minimum atomic E-state index is -1.23. The maximum Gasteiger partial charge on any atom is 0.315 e. The fraction of sp³-hybridized carbons (Fsp3) is 0.765. The van der Waals surface area contributed by atoms with Crippen LogP contribution in [0.4, 0.5) is 4.79 Å². The monoisotopic (exact) mass is 603 g/mol. The molecule has 0 aliphatic carbocycles. The van der Waals surface area contributed by atoms with E-state index in [-0.39, 0.29) is 23.8 Å². The van der Waals surface area contributed by atoms with Gasteiger partial charge in [0.05, 0.1) is 18.2 Å². The molecule has 0 saturated carbocycles. The van der Waals surface area contributed by atoms with Gasteiger partial charge in [-0.1, -0.05) is 76.8 Å². The maximum absolute atomic E-state index is 12.7. The average Bonchev–Trinajstić information content (AvgIpc) is 3.01. The van der Waals surface area contributed by atoms with Crippen molar-refractivity contribution < 1.29 is 29.3 Å². The molecule has 3 rings (SSSR count). The summed E-state index contributed by atoms with van der Waals surface area (Å²) in [6.07, 6.45) is 6.10. The van der Waals surface area contributed by atoms with Crippen LogP contribution in [0.2, 0.25) is 0 Å². The summed E-state index contributed by atoms with van der Waals surface area (Å²) in [5, 5.41) is 30.9. The first-order chi connectivity index (χ1) is 20.8. The molecule has 9 nitrogen and oxygen atoms in total. The number of urea groups is 1. The van der Waals surface area contributed by atoms with Crippen molar-refractivity contribution >= 4 is 11.9 Å². The van der Waals surface area contributed by atoms with E-state index in [0.717, 1.165) is 69.8 Å². The van der Waals surface area contributed by atoms with Crippen LogP contribution in [0, 0.1) is 17.8 Å². The van der Waals surface area contributed by atoms with Crippen LogP contribution in [0.3, 0.4) is 0 Å². The molecule has 2 aliphatic rings. The summed E-state index contributed by atoms with van der Waals surface area (Å²) in [5.74, 6) is 1.03. The molecule has 2 fully saturated rings. The first kappa shape index (κ1) is 35.3. The SMILES string of the molecule is CCC1CCCC(CC)C(=O)NCCCC(CC)C(OC2OC(C)C(O)C(NC(=O)NCCc3ccccc3)C2O)CC1. The first-order valence-electron chi connectivity index (χ1n) is 16.8. The van der Waals surface area contributed by atoms with Gasteiger partial charge in [0.2, 0.25) is 5.91 Å². The highest BCUT2D eigenvalue weighted by Crippen LogP contribution is 2.31. The second-order valence-electron chi connectivity index (χ2n) is 12.5. The van der Waals surface area contributed by atoms with Gasteiger partial charge in [0.1, 0.15) is 12.2 Å². The van der Waals surface area contributed by atoms with Crippen molar-refractivity contribution in [1.82, 2.24) is 16.0 Å². The number of aliphatic hydroxyl groups is 2. The summed E-state index contributed by atoms with van der Waals surface area (Å²) >= 11 is 0. The van der Waals surface area contributed by atoms with E-state index in [9.17, 15) is 19.8 Å². The first-order valence-corrected chi connectivity index (χ1v) is 16.8. The highest BCUT2D eigenvalue weighted by atomic mass is 16.7. The van der Waals surface area contributed by atoms with Gasteiger partial charge in [-0.25, -0.2) is 4.79 Å². The number of benzene rings is 1. The summed E-state index contributed by atoms with van der Waals surface area (Å²) in [6.45, 7) is 9.29. The van der Waals surface area contributed by atoms with Crippen molar-refractivity contribution in [2.75, 3.05) is 13.1 Å². The quantitative estimate of drug-likeness (QED) is 0.279. The van der Waals surface area contributed by atoms with E-state index in [1.54, 1.807) is 6.92 Å². The fourth-order valence-electron chi connectivity index (χ4n) is 6.57. The number of carbonyl (C=O) groups is 2. The third kappa shape index (κ3) is 11.0. The topological polar surface area (TPSA) is 129 Å². The molecule has 2 saturated heterocycles. The van der Waals surface area contributed by atoms with Crippen LogP contribution in [-0.2, 0) is 20.7 Å². The molecule has 9 atom stereocenters. The molecule has 9 heteroatoms. The Hall–Kier alpha value is -2.20. The summed E-state index contributed by atoms with van der Waals surface area (Å²) in [7, 11) is 0. The fourth-order valence-corrected chi connectivity index (χ4v) is 6.57. The Morgan fingerprint density at radius 2 is 1.74 bits per heavy atom. The zero-order chi connectivity index (χ0) is 31.2. The molecule has 5 N–H and O–H groups in total. The Balaban J connectivity index is 1.65. The molecule has 43 heavy (non-hydrogen) atoms. The van der Waals surface area contributed by atoms with Crippen LogP contribution < -0.4 is 16.0 Å². The standard InChI is InChI=1S/C34H57N3O6/c1-5-24-15-11-16-27(7-3)32(40)35-21-12-17-26(6-2)28(19-18-24)43-33-31(39)29(30(38)23(4)42-33)37-34(41)36-22-20-25-13-9-8-10-14-25/h8-10,13-14,23-24,26-31,33,38-39H,5-7,11-12,15-22H2,1-4H3,(H,35,40)(H2,36,37,41). The lowest BCUT2D eigenvalue weighted by Crippen LogP contribution is -2.65. The molecular formula is C34H57N3O6.